The minimum Gasteiger partial charge on any atom is -0.455 e. The highest BCUT2D eigenvalue weighted by molar-refractivity contribution is 6.20. The molecular formula is C22H14O. The molecule has 0 saturated carbocycles. The number of hydrogen-bond donors (Lipinski definition) is 0. The standard InChI is InChI=1S/C22H14O/c1-2-7-15(8-3-1)18-11-6-12-19-21-17-10-5-4-9-16(17)13-14-20(21)23-22(18)19/h1-14H. The fourth-order valence-corrected chi connectivity index (χ4v) is 3.41. The van der Waals surface area contributed by atoms with Crippen molar-refractivity contribution in [1.82, 2.24) is 0 Å². The molecule has 0 aliphatic rings. The molecule has 0 amide bonds. The molecule has 1 aromatic heterocycles. The zero-order chi connectivity index (χ0) is 15.2. The van der Waals surface area contributed by atoms with Crippen molar-refractivity contribution in [2.45, 2.75) is 0 Å². The van der Waals surface area contributed by atoms with Gasteiger partial charge in [-0.2, -0.15) is 0 Å². The third-order valence-electron chi connectivity index (χ3n) is 4.47. The Morgan fingerprint density at radius 2 is 1.35 bits per heavy atom. The van der Waals surface area contributed by atoms with Gasteiger partial charge in [0, 0.05) is 16.3 Å². The summed E-state index contributed by atoms with van der Waals surface area (Å²) in [5, 5.41) is 4.87. The lowest BCUT2D eigenvalue weighted by molar-refractivity contribution is 0.670. The van der Waals surface area contributed by atoms with E-state index in [0.29, 0.717) is 0 Å². The fraction of sp³-hybridized carbons (Fsp3) is 0. The van der Waals surface area contributed by atoms with Crippen LogP contribution in [-0.4, -0.2) is 0 Å². The maximum atomic E-state index is 6.25. The van der Waals surface area contributed by atoms with Crippen LogP contribution in [0.3, 0.4) is 0 Å². The second kappa shape index (κ2) is 4.72. The van der Waals surface area contributed by atoms with Crippen molar-refractivity contribution in [3.8, 4) is 11.1 Å². The number of rotatable bonds is 1. The predicted molar refractivity (Wildman–Crippen MR) is 96.7 cm³/mol. The largest absolute Gasteiger partial charge is 0.455 e. The van der Waals surface area contributed by atoms with E-state index in [9.17, 15) is 0 Å². The summed E-state index contributed by atoms with van der Waals surface area (Å²) in [5.41, 5.74) is 4.23. The van der Waals surface area contributed by atoms with Gasteiger partial charge in [-0.1, -0.05) is 78.9 Å². The minimum atomic E-state index is 0.946. The lowest BCUT2D eigenvalue weighted by atomic mass is 10.00. The van der Waals surface area contributed by atoms with Gasteiger partial charge in [0.05, 0.1) is 0 Å². The Kier molecular flexibility index (Phi) is 2.56. The molecule has 1 heterocycles. The molecule has 108 valence electrons. The first kappa shape index (κ1) is 12.5. The summed E-state index contributed by atoms with van der Waals surface area (Å²) in [4.78, 5) is 0. The topological polar surface area (TPSA) is 13.1 Å². The summed E-state index contributed by atoms with van der Waals surface area (Å²) in [5.74, 6) is 0. The summed E-state index contributed by atoms with van der Waals surface area (Å²) in [6, 6.07) is 29.5. The normalized spacial score (nSPS) is 11.5. The monoisotopic (exact) mass is 294 g/mol. The molecule has 4 aromatic carbocycles. The number of hydrogen-bond acceptors (Lipinski definition) is 1. The van der Waals surface area contributed by atoms with Gasteiger partial charge in [-0.3, -0.25) is 0 Å². The van der Waals surface area contributed by atoms with E-state index in [2.05, 4.69) is 78.9 Å². The Bertz CT molecular complexity index is 1150. The average molecular weight is 294 g/mol. The lowest BCUT2D eigenvalue weighted by Crippen LogP contribution is -1.78. The van der Waals surface area contributed by atoms with Gasteiger partial charge in [-0.15, -0.1) is 0 Å². The van der Waals surface area contributed by atoms with Crippen molar-refractivity contribution in [2.24, 2.45) is 0 Å². The van der Waals surface area contributed by atoms with Crippen molar-refractivity contribution >= 4 is 32.7 Å². The Morgan fingerprint density at radius 3 is 2.26 bits per heavy atom. The summed E-state index contributed by atoms with van der Waals surface area (Å²) < 4.78 is 6.25. The van der Waals surface area contributed by atoms with Crippen LogP contribution in [-0.2, 0) is 0 Å². The molecule has 1 heteroatoms. The number of furan rings is 1. The maximum absolute atomic E-state index is 6.25. The van der Waals surface area contributed by atoms with Gasteiger partial charge in [-0.05, 0) is 22.4 Å². The molecular weight excluding hydrogens is 280 g/mol. The predicted octanol–water partition coefficient (Wildman–Crippen LogP) is 6.41. The number of para-hydroxylation sites is 1. The van der Waals surface area contributed by atoms with E-state index in [1.165, 1.54) is 27.1 Å². The highest BCUT2D eigenvalue weighted by atomic mass is 16.3. The van der Waals surface area contributed by atoms with Crippen molar-refractivity contribution < 1.29 is 4.42 Å². The molecule has 5 rings (SSSR count). The van der Waals surface area contributed by atoms with E-state index < -0.39 is 0 Å². The fourth-order valence-electron chi connectivity index (χ4n) is 3.41. The van der Waals surface area contributed by atoms with Crippen LogP contribution in [0.5, 0.6) is 0 Å². The van der Waals surface area contributed by atoms with Crippen LogP contribution in [0.2, 0.25) is 0 Å². The first-order chi connectivity index (χ1) is 11.4. The molecule has 0 saturated heterocycles. The first-order valence-corrected chi connectivity index (χ1v) is 7.80. The quantitative estimate of drug-likeness (QED) is 0.348. The van der Waals surface area contributed by atoms with E-state index in [1.54, 1.807) is 0 Å². The van der Waals surface area contributed by atoms with Crippen LogP contribution in [0.25, 0.3) is 43.8 Å². The molecule has 0 N–H and O–H groups in total. The molecule has 23 heavy (non-hydrogen) atoms. The van der Waals surface area contributed by atoms with E-state index in [1.807, 2.05) is 6.07 Å². The molecule has 0 aliphatic carbocycles. The second-order valence-electron chi connectivity index (χ2n) is 5.81. The number of fused-ring (bicyclic) bond motifs is 5. The Morgan fingerprint density at radius 1 is 0.565 bits per heavy atom. The average Bonchev–Trinajstić information content (AvgIpc) is 3.01. The van der Waals surface area contributed by atoms with Crippen molar-refractivity contribution in [3.05, 3.63) is 84.9 Å². The smallest absolute Gasteiger partial charge is 0.143 e. The summed E-state index contributed by atoms with van der Waals surface area (Å²) >= 11 is 0. The van der Waals surface area contributed by atoms with Crippen molar-refractivity contribution in [3.63, 3.8) is 0 Å². The van der Waals surface area contributed by atoms with E-state index in [4.69, 9.17) is 4.42 Å². The number of benzene rings is 4. The van der Waals surface area contributed by atoms with Gasteiger partial charge in [0.25, 0.3) is 0 Å². The van der Waals surface area contributed by atoms with Crippen LogP contribution in [0, 0.1) is 0 Å². The first-order valence-electron chi connectivity index (χ1n) is 7.80. The highest BCUT2D eigenvalue weighted by Crippen LogP contribution is 2.38. The molecule has 0 spiro atoms. The van der Waals surface area contributed by atoms with E-state index in [-0.39, 0.29) is 0 Å². The third kappa shape index (κ3) is 1.80. The molecule has 5 aromatic rings. The SMILES string of the molecule is c1ccc(-c2cccc3c2oc2ccc4ccccc4c23)cc1. The molecule has 1 nitrogen and oxygen atoms in total. The van der Waals surface area contributed by atoms with Crippen LogP contribution in [0.1, 0.15) is 0 Å². The summed E-state index contributed by atoms with van der Waals surface area (Å²) in [7, 11) is 0. The summed E-state index contributed by atoms with van der Waals surface area (Å²) in [6.45, 7) is 0. The molecule has 0 radical (unpaired) electrons. The molecule has 0 unspecified atom stereocenters. The minimum absolute atomic E-state index is 0.946. The summed E-state index contributed by atoms with van der Waals surface area (Å²) in [6.07, 6.45) is 0. The molecule has 0 bridgehead atoms. The van der Waals surface area contributed by atoms with Crippen molar-refractivity contribution in [2.75, 3.05) is 0 Å². The van der Waals surface area contributed by atoms with Crippen LogP contribution in [0.15, 0.2) is 89.3 Å². The zero-order valence-electron chi connectivity index (χ0n) is 12.5. The Hall–Kier alpha value is -3.06. The van der Waals surface area contributed by atoms with Crippen LogP contribution < -0.4 is 0 Å². The van der Waals surface area contributed by atoms with Crippen LogP contribution in [0.4, 0.5) is 0 Å². The van der Waals surface area contributed by atoms with E-state index in [0.717, 1.165) is 16.7 Å². The van der Waals surface area contributed by atoms with Crippen molar-refractivity contribution in [1.29, 1.82) is 0 Å². The van der Waals surface area contributed by atoms with Gasteiger partial charge in [0.2, 0.25) is 0 Å². The van der Waals surface area contributed by atoms with Crippen LogP contribution >= 0.6 is 0 Å². The Balaban J connectivity index is 1.96. The van der Waals surface area contributed by atoms with E-state index >= 15 is 0 Å². The molecule has 0 aliphatic heterocycles. The third-order valence-corrected chi connectivity index (χ3v) is 4.47. The zero-order valence-corrected chi connectivity index (χ0v) is 12.5. The Labute approximate surface area is 133 Å². The van der Waals surface area contributed by atoms with Gasteiger partial charge in [0.1, 0.15) is 11.2 Å². The van der Waals surface area contributed by atoms with Gasteiger partial charge in [-0.25, -0.2) is 0 Å². The highest BCUT2D eigenvalue weighted by Gasteiger charge is 2.13. The molecule has 0 atom stereocenters. The van der Waals surface area contributed by atoms with Gasteiger partial charge >= 0.3 is 0 Å². The maximum Gasteiger partial charge on any atom is 0.143 e. The second-order valence-corrected chi connectivity index (χ2v) is 5.81. The molecule has 0 fully saturated rings. The lowest BCUT2D eigenvalue weighted by Gasteiger charge is -2.02. The van der Waals surface area contributed by atoms with Gasteiger partial charge < -0.3 is 4.42 Å². The van der Waals surface area contributed by atoms with Gasteiger partial charge in [0.15, 0.2) is 0 Å².